The minimum atomic E-state index is -0.917. The van der Waals surface area contributed by atoms with Crippen LogP contribution in [0.5, 0.6) is 0 Å². The molecule has 0 spiro atoms. The maximum absolute atomic E-state index is 13.3. The van der Waals surface area contributed by atoms with Crippen molar-refractivity contribution in [1.82, 2.24) is 5.32 Å². The number of carbonyl (C=O) groups is 2. The molecule has 0 fully saturated rings. The van der Waals surface area contributed by atoms with Gasteiger partial charge >= 0.3 is 0 Å². The Morgan fingerprint density at radius 2 is 2.10 bits per heavy atom. The Bertz CT molecular complexity index is 615. The minimum Gasteiger partial charge on any atom is -0.384 e. The molecular weight excluding hydrogens is 275 g/mol. The van der Waals surface area contributed by atoms with Crippen molar-refractivity contribution in [2.45, 2.75) is 13.8 Å². The van der Waals surface area contributed by atoms with Crippen LogP contribution < -0.4 is 11.1 Å². The second kappa shape index (κ2) is 6.86. The number of nitrogens with two attached hydrogens (primary N) is 1. The summed E-state index contributed by atoms with van der Waals surface area (Å²) in [6.45, 7) is 2.83. The third kappa shape index (κ3) is 4.58. The number of carbonyl (C=O) groups excluding carboxylic acids is 2. The van der Waals surface area contributed by atoms with Crippen molar-refractivity contribution in [3.8, 4) is 11.8 Å². The summed E-state index contributed by atoms with van der Waals surface area (Å²) in [6, 6.07) is 3.58. The van der Waals surface area contributed by atoms with Gasteiger partial charge in [0.15, 0.2) is 0 Å². The van der Waals surface area contributed by atoms with Crippen LogP contribution in [0.4, 0.5) is 4.39 Å². The van der Waals surface area contributed by atoms with Gasteiger partial charge in [-0.15, -0.1) is 0 Å². The molecule has 5 nitrogen and oxygen atoms in total. The van der Waals surface area contributed by atoms with Crippen LogP contribution in [0.2, 0.25) is 0 Å². The predicted molar refractivity (Wildman–Crippen MR) is 75.7 cm³/mol. The molecule has 0 atom stereocenters. The highest BCUT2D eigenvalue weighted by molar-refractivity contribution is 5.97. The molecule has 1 rings (SSSR count). The molecule has 112 valence electrons. The van der Waals surface area contributed by atoms with Crippen molar-refractivity contribution in [3.63, 3.8) is 0 Å². The van der Waals surface area contributed by atoms with E-state index in [2.05, 4.69) is 17.2 Å². The van der Waals surface area contributed by atoms with Crippen LogP contribution in [0.25, 0.3) is 0 Å². The van der Waals surface area contributed by atoms with Gasteiger partial charge in [-0.25, -0.2) is 4.39 Å². The molecule has 4 N–H and O–H groups in total. The number of aliphatic hydroxyl groups excluding tert-OH is 1. The van der Waals surface area contributed by atoms with Gasteiger partial charge in [0, 0.05) is 12.1 Å². The van der Waals surface area contributed by atoms with Crippen molar-refractivity contribution >= 4 is 11.8 Å². The Morgan fingerprint density at radius 3 is 2.67 bits per heavy atom. The molecule has 21 heavy (non-hydrogen) atoms. The normalized spacial score (nSPS) is 10.5. The lowest BCUT2D eigenvalue weighted by atomic mass is 9.92. The number of nitrogens with one attached hydrogen (secondary N) is 1. The van der Waals surface area contributed by atoms with Crippen LogP contribution >= 0.6 is 0 Å². The first kappa shape index (κ1) is 16.7. The van der Waals surface area contributed by atoms with Gasteiger partial charge < -0.3 is 16.2 Å². The van der Waals surface area contributed by atoms with E-state index in [9.17, 15) is 14.0 Å². The fraction of sp³-hybridized carbons (Fsp3) is 0.333. The highest BCUT2D eigenvalue weighted by Gasteiger charge is 2.26. The van der Waals surface area contributed by atoms with E-state index in [1.165, 1.54) is 12.1 Å². The number of halogens is 1. The van der Waals surface area contributed by atoms with Crippen molar-refractivity contribution in [2.75, 3.05) is 13.2 Å². The van der Waals surface area contributed by atoms with E-state index in [1.54, 1.807) is 13.8 Å². The van der Waals surface area contributed by atoms with E-state index in [-0.39, 0.29) is 18.7 Å². The molecule has 0 aliphatic rings. The molecule has 0 aromatic heterocycles. The Balaban J connectivity index is 2.96. The van der Waals surface area contributed by atoms with Gasteiger partial charge in [-0.05, 0) is 32.0 Å². The van der Waals surface area contributed by atoms with E-state index >= 15 is 0 Å². The second-order valence-electron chi connectivity index (χ2n) is 5.08. The van der Waals surface area contributed by atoms with E-state index < -0.39 is 23.0 Å². The molecule has 2 amide bonds. The van der Waals surface area contributed by atoms with Gasteiger partial charge in [-0.2, -0.15) is 0 Å². The molecule has 0 aliphatic heterocycles. The minimum absolute atomic E-state index is 0.0184. The van der Waals surface area contributed by atoms with Gasteiger partial charge in [-0.1, -0.05) is 11.8 Å². The SMILES string of the molecule is CC(C)(CNC(=O)c1cc(F)ccc1C#CCO)C(N)=O. The lowest BCUT2D eigenvalue weighted by Crippen LogP contribution is -2.42. The number of amides is 2. The van der Waals surface area contributed by atoms with Gasteiger partial charge in [0.2, 0.25) is 5.91 Å². The molecule has 0 radical (unpaired) electrons. The number of rotatable bonds is 4. The van der Waals surface area contributed by atoms with E-state index in [1.807, 2.05) is 0 Å². The van der Waals surface area contributed by atoms with Crippen LogP contribution in [0.1, 0.15) is 29.8 Å². The largest absolute Gasteiger partial charge is 0.384 e. The van der Waals surface area contributed by atoms with E-state index in [0.717, 1.165) is 6.07 Å². The summed E-state index contributed by atoms with van der Waals surface area (Å²) in [5.74, 6) is 3.27. The topological polar surface area (TPSA) is 92.4 Å². The zero-order chi connectivity index (χ0) is 16.0. The molecular formula is C15H17FN2O3. The summed E-state index contributed by atoms with van der Waals surface area (Å²) < 4.78 is 13.3. The number of benzene rings is 1. The Kier molecular flexibility index (Phi) is 5.44. The first-order valence-corrected chi connectivity index (χ1v) is 6.25. The Hall–Kier alpha value is -2.39. The monoisotopic (exact) mass is 292 g/mol. The number of hydrogen-bond donors (Lipinski definition) is 3. The molecule has 0 aliphatic carbocycles. The molecule has 0 bridgehead atoms. The number of hydrogen-bond acceptors (Lipinski definition) is 3. The summed E-state index contributed by atoms with van der Waals surface area (Å²) in [6.07, 6.45) is 0. The highest BCUT2D eigenvalue weighted by atomic mass is 19.1. The summed E-state index contributed by atoms with van der Waals surface area (Å²) in [4.78, 5) is 23.3. The first-order chi connectivity index (χ1) is 9.77. The third-order valence-electron chi connectivity index (χ3n) is 2.89. The first-order valence-electron chi connectivity index (χ1n) is 6.25. The fourth-order valence-electron chi connectivity index (χ4n) is 1.43. The summed E-state index contributed by atoms with van der Waals surface area (Å²) in [5, 5.41) is 11.2. The van der Waals surface area contributed by atoms with Crippen LogP contribution in [0, 0.1) is 23.1 Å². The predicted octanol–water partition coefficient (Wildman–Crippen LogP) is 0.411. The van der Waals surface area contributed by atoms with Crippen molar-refractivity contribution < 1.29 is 19.1 Å². The van der Waals surface area contributed by atoms with Crippen LogP contribution in [0.3, 0.4) is 0 Å². The van der Waals surface area contributed by atoms with Crippen LogP contribution in [-0.4, -0.2) is 30.1 Å². The lowest BCUT2D eigenvalue weighted by molar-refractivity contribution is -0.125. The highest BCUT2D eigenvalue weighted by Crippen LogP contribution is 2.14. The van der Waals surface area contributed by atoms with Crippen LogP contribution in [0.15, 0.2) is 18.2 Å². The van der Waals surface area contributed by atoms with E-state index in [0.29, 0.717) is 5.56 Å². The maximum Gasteiger partial charge on any atom is 0.252 e. The molecule has 0 unspecified atom stereocenters. The third-order valence-corrected chi connectivity index (χ3v) is 2.89. The number of aliphatic hydroxyl groups is 1. The molecule has 1 aromatic rings. The zero-order valence-corrected chi connectivity index (χ0v) is 11.9. The van der Waals surface area contributed by atoms with Crippen molar-refractivity contribution in [3.05, 3.63) is 35.1 Å². The zero-order valence-electron chi connectivity index (χ0n) is 11.9. The van der Waals surface area contributed by atoms with Gasteiger partial charge in [0.1, 0.15) is 12.4 Å². The molecule has 6 heteroatoms. The summed E-state index contributed by atoms with van der Waals surface area (Å²) in [7, 11) is 0. The standard InChI is InChI=1S/C15H17FN2O3/c1-15(2,14(17)21)9-18-13(20)12-8-11(16)6-5-10(12)4-3-7-19/h5-6,8,19H,7,9H2,1-2H3,(H2,17,21)(H,18,20). The number of primary amides is 1. The quantitative estimate of drug-likeness (QED) is 0.702. The van der Waals surface area contributed by atoms with Crippen LogP contribution in [-0.2, 0) is 4.79 Å². The Morgan fingerprint density at radius 1 is 1.43 bits per heavy atom. The summed E-state index contributed by atoms with van der Waals surface area (Å²) >= 11 is 0. The average Bonchev–Trinajstić information content (AvgIpc) is 2.43. The molecule has 0 saturated carbocycles. The summed E-state index contributed by atoms with van der Waals surface area (Å²) in [5.41, 5.74) is 4.63. The van der Waals surface area contributed by atoms with Gasteiger partial charge in [0.25, 0.3) is 5.91 Å². The maximum atomic E-state index is 13.3. The molecule has 0 heterocycles. The average molecular weight is 292 g/mol. The lowest BCUT2D eigenvalue weighted by Gasteiger charge is -2.20. The molecule has 1 aromatic carbocycles. The Labute approximate surface area is 122 Å². The fourth-order valence-corrected chi connectivity index (χ4v) is 1.43. The van der Waals surface area contributed by atoms with Gasteiger partial charge in [-0.3, -0.25) is 9.59 Å². The smallest absolute Gasteiger partial charge is 0.252 e. The van der Waals surface area contributed by atoms with Crippen molar-refractivity contribution in [2.24, 2.45) is 11.1 Å². The van der Waals surface area contributed by atoms with E-state index in [4.69, 9.17) is 10.8 Å². The molecule has 0 saturated heterocycles. The van der Waals surface area contributed by atoms with Crippen molar-refractivity contribution in [1.29, 1.82) is 0 Å². The second-order valence-corrected chi connectivity index (χ2v) is 5.08. The van der Waals surface area contributed by atoms with Gasteiger partial charge in [0.05, 0.1) is 11.0 Å².